The number of nitrogens with zero attached hydrogens (tertiary/aromatic N) is 1. The third-order valence-electron chi connectivity index (χ3n) is 2.89. The first-order valence-electron chi connectivity index (χ1n) is 6.31. The Hall–Kier alpha value is -2.14. The van der Waals surface area contributed by atoms with Gasteiger partial charge in [0.1, 0.15) is 11.6 Å². The van der Waals surface area contributed by atoms with Gasteiger partial charge in [-0.25, -0.2) is 4.39 Å². The number of benzene rings is 1. The van der Waals surface area contributed by atoms with Crippen LogP contribution in [0.25, 0.3) is 0 Å². The Labute approximate surface area is 117 Å². The van der Waals surface area contributed by atoms with Crippen molar-refractivity contribution < 1.29 is 13.6 Å². The van der Waals surface area contributed by atoms with Crippen LogP contribution in [0, 0.1) is 12.7 Å². The van der Waals surface area contributed by atoms with E-state index in [9.17, 15) is 9.18 Å². The van der Waals surface area contributed by atoms with Gasteiger partial charge in [0.15, 0.2) is 0 Å². The van der Waals surface area contributed by atoms with E-state index in [1.165, 1.54) is 12.1 Å². The van der Waals surface area contributed by atoms with Crippen LogP contribution in [-0.4, -0.2) is 24.4 Å². The van der Waals surface area contributed by atoms with E-state index in [-0.39, 0.29) is 18.3 Å². The molecule has 5 heteroatoms. The molecule has 0 fully saturated rings. The summed E-state index contributed by atoms with van der Waals surface area (Å²) in [6.45, 7) is 2.57. The Morgan fingerprint density at radius 1 is 1.40 bits per heavy atom. The normalized spacial score (nSPS) is 10.8. The summed E-state index contributed by atoms with van der Waals surface area (Å²) in [4.78, 5) is 13.7. The van der Waals surface area contributed by atoms with Gasteiger partial charge in [-0.3, -0.25) is 9.69 Å². The molecular formula is C15H17FN2O2. The third-order valence-corrected chi connectivity index (χ3v) is 2.89. The zero-order chi connectivity index (χ0) is 14.5. The van der Waals surface area contributed by atoms with Crippen LogP contribution in [0.1, 0.15) is 11.3 Å². The van der Waals surface area contributed by atoms with Crippen LogP contribution in [-0.2, 0) is 11.3 Å². The van der Waals surface area contributed by atoms with Gasteiger partial charge in [0.25, 0.3) is 0 Å². The van der Waals surface area contributed by atoms with Gasteiger partial charge in [-0.1, -0.05) is 6.07 Å². The maximum absolute atomic E-state index is 13.1. The average Bonchev–Trinajstić information content (AvgIpc) is 2.86. The van der Waals surface area contributed by atoms with E-state index < -0.39 is 0 Å². The van der Waals surface area contributed by atoms with E-state index in [0.29, 0.717) is 12.2 Å². The number of hydrogen-bond acceptors (Lipinski definition) is 3. The van der Waals surface area contributed by atoms with Crippen molar-refractivity contribution >= 4 is 11.6 Å². The molecule has 2 aromatic rings. The van der Waals surface area contributed by atoms with E-state index in [2.05, 4.69) is 5.32 Å². The van der Waals surface area contributed by atoms with E-state index in [0.717, 1.165) is 11.3 Å². The molecule has 1 aromatic carbocycles. The number of amides is 1. The standard InChI is InChI=1S/C15H17FN2O2/c1-11-5-6-12(16)8-14(11)17-15(19)10-18(2)9-13-4-3-7-20-13/h3-8H,9-10H2,1-2H3,(H,17,19). The number of halogens is 1. The molecule has 0 spiro atoms. The molecule has 20 heavy (non-hydrogen) atoms. The number of anilines is 1. The van der Waals surface area contributed by atoms with Crippen LogP contribution in [0.5, 0.6) is 0 Å². The lowest BCUT2D eigenvalue weighted by molar-refractivity contribution is -0.117. The van der Waals surface area contributed by atoms with Gasteiger partial charge in [0, 0.05) is 5.69 Å². The Morgan fingerprint density at radius 2 is 2.20 bits per heavy atom. The SMILES string of the molecule is Cc1ccc(F)cc1NC(=O)CN(C)Cc1ccco1. The largest absolute Gasteiger partial charge is 0.468 e. The summed E-state index contributed by atoms with van der Waals surface area (Å²) >= 11 is 0. The van der Waals surface area contributed by atoms with Gasteiger partial charge in [-0.2, -0.15) is 0 Å². The number of likely N-dealkylation sites (N-methyl/N-ethyl adjacent to an activating group) is 1. The van der Waals surface area contributed by atoms with Gasteiger partial charge in [0.2, 0.25) is 5.91 Å². The predicted molar refractivity (Wildman–Crippen MR) is 74.8 cm³/mol. The van der Waals surface area contributed by atoms with E-state index in [4.69, 9.17) is 4.42 Å². The molecule has 0 aliphatic carbocycles. The third kappa shape index (κ3) is 3.93. The summed E-state index contributed by atoms with van der Waals surface area (Å²) in [5, 5.41) is 2.71. The predicted octanol–water partition coefficient (Wildman–Crippen LogP) is 2.80. The summed E-state index contributed by atoms with van der Waals surface area (Å²) in [7, 11) is 1.82. The van der Waals surface area contributed by atoms with E-state index in [1.54, 1.807) is 18.4 Å². The van der Waals surface area contributed by atoms with Crippen molar-refractivity contribution in [2.75, 3.05) is 18.9 Å². The summed E-state index contributed by atoms with van der Waals surface area (Å²) < 4.78 is 18.4. The zero-order valence-electron chi connectivity index (χ0n) is 11.5. The van der Waals surface area contributed by atoms with Gasteiger partial charge < -0.3 is 9.73 Å². The molecule has 0 bridgehead atoms. The fourth-order valence-electron chi connectivity index (χ4n) is 1.89. The highest BCUT2D eigenvalue weighted by Crippen LogP contribution is 2.15. The van der Waals surface area contributed by atoms with Crippen LogP contribution >= 0.6 is 0 Å². The first kappa shape index (κ1) is 14.3. The highest BCUT2D eigenvalue weighted by Gasteiger charge is 2.10. The van der Waals surface area contributed by atoms with Crippen molar-refractivity contribution in [2.24, 2.45) is 0 Å². The van der Waals surface area contributed by atoms with Crippen molar-refractivity contribution in [3.05, 3.63) is 53.7 Å². The Balaban J connectivity index is 1.90. The Kier molecular flexibility index (Phi) is 4.53. The molecule has 1 aromatic heterocycles. The van der Waals surface area contributed by atoms with Gasteiger partial charge in [-0.05, 0) is 43.8 Å². The van der Waals surface area contributed by atoms with E-state index in [1.807, 2.05) is 24.9 Å². The van der Waals surface area contributed by atoms with Crippen molar-refractivity contribution in [3.63, 3.8) is 0 Å². The molecule has 2 rings (SSSR count). The second kappa shape index (κ2) is 6.34. The Morgan fingerprint density at radius 3 is 2.90 bits per heavy atom. The molecule has 0 aliphatic heterocycles. The molecule has 0 unspecified atom stereocenters. The first-order valence-corrected chi connectivity index (χ1v) is 6.31. The lowest BCUT2D eigenvalue weighted by Crippen LogP contribution is -2.29. The van der Waals surface area contributed by atoms with Crippen LogP contribution in [0.15, 0.2) is 41.0 Å². The monoisotopic (exact) mass is 276 g/mol. The number of rotatable bonds is 5. The number of nitrogens with one attached hydrogen (secondary N) is 1. The average molecular weight is 276 g/mol. The van der Waals surface area contributed by atoms with Crippen molar-refractivity contribution in [1.82, 2.24) is 4.90 Å². The molecule has 1 heterocycles. The number of hydrogen-bond donors (Lipinski definition) is 1. The van der Waals surface area contributed by atoms with Gasteiger partial charge in [-0.15, -0.1) is 0 Å². The van der Waals surface area contributed by atoms with Crippen molar-refractivity contribution in [2.45, 2.75) is 13.5 Å². The maximum Gasteiger partial charge on any atom is 0.238 e. The molecule has 0 atom stereocenters. The van der Waals surface area contributed by atoms with Crippen LogP contribution < -0.4 is 5.32 Å². The van der Waals surface area contributed by atoms with Gasteiger partial charge in [0.05, 0.1) is 19.4 Å². The number of furan rings is 1. The highest BCUT2D eigenvalue weighted by molar-refractivity contribution is 5.92. The summed E-state index contributed by atoms with van der Waals surface area (Å²) in [5.41, 5.74) is 1.33. The van der Waals surface area contributed by atoms with Crippen LogP contribution in [0.2, 0.25) is 0 Å². The fourth-order valence-corrected chi connectivity index (χ4v) is 1.89. The molecule has 0 saturated heterocycles. The second-order valence-corrected chi connectivity index (χ2v) is 4.76. The number of carbonyl (C=O) groups excluding carboxylic acids is 1. The van der Waals surface area contributed by atoms with Crippen molar-refractivity contribution in [3.8, 4) is 0 Å². The molecule has 0 radical (unpaired) electrons. The van der Waals surface area contributed by atoms with Crippen LogP contribution in [0.4, 0.5) is 10.1 Å². The first-order chi connectivity index (χ1) is 9.54. The highest BCUT2D eigenvalue weighted by atomic mass is 19.1. The lowest BCUT2D eigenvalue weighted by atomic mass is 10.2. The smallest absolute Gasteiger partial charge is 0.238 e. The van der Waals surface area contributed by atoms with Crippen molar-refractivity contribution in [1.29, 1.82) is 0 Å². The minimum Gasteiger partial charge on any atom is -0.468 e. The molecule has 0 saturated carbocycles. The summed E-state index contributed by atoms with van der Waals surface area (Å²) in [5.74, 6) is 0.241. The lowest BCUT2D eigenvalue weighted by Gasteiger charge is -2.15. The molecular weight excluding hydrogens is 259 g/mol. The topological polar surface area (TPSA) is 45.5 Å². The second-order valence-electron chi connectivity index (χ2n) is 4.76. The number of carbonyl (C=O) groups is 1. The van der Waals surface area contributed by atoms with Gasteiger partial charge >= 0.3 is 0 Å². The maximum atomic E-state index is 13.1. The number of aryl methyl sites for hydroxylation is 1. The summed E-state index contributed by atoms with van der Waals surface area (Å²) in [6, 6.07) is 7.98. The summed E-state index contributed by atoms with van der Waals surface area (Å²) in [6.07, 6.45) is 1.60. The molecule has 106 valence electrons. The quantitative estimate of drug-likeness (QED) is 0.913. The molecule has 1 N–H and O–H groups in total. The minimum atomic E-state index is -0.366. The zero-order valence-corrected chi connectivity index (χ0v) is 11.5. The Bertz CT molecular complexity index is 582. The fraction of sp³-hybridized carbons (Fsp3) is 0.267. The molecule has 4 nitrogen and oxygen atoms in total. The minimum absolute atomic E-state index is 0.187. The van der Waals surface area contributed by atoms with E-state index >= 15 is 0 Å². The molecule has 1 amide bonds. The van der Waals surface area contributed by atoms with Crippen LogP contribution in [0.3, 0.4) is 0 Å². The molecule has 0 aliphatic rings.